The van der Waals surface area contributed by atoms with Crippen molar-refractivity contribution in [2.75, 3.05) is 32.6 Å². The van der Waals surface area contributed by atoms with Crippen LogP contribution in [0, 0.1) is 10.8 Å². The molecule has 0 spiro atoms. The van der Waals surface area contributed by atoms with E-state index < -0.39 is 9.84 Å². The highest BCUT2D eigenvalue weighted by molar-refractivity contribution is 7.90. The fourth-order valence-corrected chi connectivity index (χ4v) is 2.03. The Labute approximate surface area is 136 Å². The van der Waals surface area contributed by atoms with Crippen LogP contribution >= 0.6 is 0 Å². The molecular weight excluding hydrogens is 282 g/mol. The topological polar surface area (TPSA) is 37.4 Å². The van der Waals surface area contributed by atoms with E-state index in [1.807, 2.05) is 20.8 Å². The van der Waals surface area contributed by atoms with E-state index in [9.17, 15) is 8.42 Å². The van der Waals surface area contributed by atoms with Crippen LogP contribution in [0.1, 0.15) is 69.2 Å². The van der Waals surface area contributed by atoms with Crippen molar-refractivity contribution in [2.45, 2.75) is 69.2 Å². The van der Waals surface area contributed by atoms with Crippen molar-refractivity contribution in [3.8, 4) is 0 Å². The Morgan fingerprint density at radius 1 is 0.810 bits per heavy atom. The van der Waals surface area contributed by atoms with Gasteiger partial charge >= 0.3 is 0 Å². The van der Waals surface area contributed by atoms with Gasteiger partial charge in [0.2, 0.25) is 0 Å². The lowest BCUT2D eigenvalue weighted by molar-refractivity contribution is 0.297. The van der Waals surface area contributed by atoms with Crippen molar-refractivity contribution in [3.63, 3.8) is 0 Å². The van der Waals surface area contributed by atoms with Crippen LogP contribution in [0.15, 0.2) is 0 Å². The third kappa shape index (κ3) is 38.3. The molecule has 0 aliphatic heterocycles. The number of nitrogens with zero attached hydrogens (tertiary/aromatic N) is 1. The van der Waals surface area contributed by atoms with Crippen LogP contribution in [0.2, 0.25) is 0 Å². The molecule has 0 aromatic heterocycles. The molecule has 0 saturated heterocycles. The Kier molecular flexibility index (Phi) is 15.8. The molecule has 3 nitrogen and oxygen atoms in total. The second kappa shape index (κ2) is 11.5. The third-order valence-corrected chi connectivity index (χ3v) is 3.48. The summed E-state index contributed by atoms with van der Waals surface area (Å²) in [6.07, 6.45) is 3.30. The van der Waals surface area contributed by atoms with Crippen LogP contribution in [0.25, 0.3) is 0 Å². The van der Waals surface area contributed by atoms with E-state index >= 15 is 0 Å². The predicted molar refractivity (Wildman–Crippen MR) is 99.9 cm³/mol. The molecule has 0 aliphatic carbocycles. The third-order valence-electron chi connectivity index (χ3n) is 2.53. The van der Waals surface area contributed by atoms with Crippen molar-refractivity contribution in [1.29, 1.82) is 0 Å². The Bertz CT molecular complexity index is 320. The van der Waals surface area contributed by atoms with Gasteiger partial charge in [0.05, 0.1) is 5.75 Å². The lowest BCUT2D eigenvalue weighted by Crippen LogP contribution is -2.19. The van der Waals surface area contributed by atoms with E-state index in [0.29, 0.717) is 11.2 Å². The molecule has 0 rings (SSSR count). The number of hydrogen-bond donors (Lipinski definition) is 0. The molecule has 0 atom stereocenters. The molecule has 0 aromatic carbocycles. The first kappa shape index (κ1) is 29.0. The minimum Gasteiger partial charge on any atom is -0.309 e. The highest BCUT2D eigenvalue weighted by Gasteiger charge is 2.13. The van der Waals surface area contributed by atoms with Crippen LogP contribution in [0.5, 0.6) is 0 Å². The second-order valence-corrected chi connectivity index (χ2v) is 10.3. The fraction of sp³-hybridized carbons (Fsp3) is 1.00. The maximum Gasteiger partial charge on any atom is 0.147 e. The van der Waals surface area contributed by atoms with Gasteiger partial charge in [-0.3, -0.25) is 0 Å². The van der Waals surface area contributed by atoms with Gasteiger partial charge in [-0.05, 0) is 44.3 Å². The molecule has 21 heavy (non-hydrogen) atoms. The Balaban J connectivity index is -0.000000126. The maximum atomic E-state index is 10.7. The van der Waals surface area contributed by atoms with Gasteiger partial charge in [0, 0.05) is 6.26 Å². The first-order chi connectivity index (χ1) is 8.12. The van der Waals surface area contributed by atoms with Gasteiger partial charge < -0.3 is 4.90 Å². The van der Waals surface area contributed by atoms with Gasteiger partial charge in [-0.1, -0.05) is 56.4 Å². The molecule has 0 saturated carbocycles. The van der Waals surface area contributed by atoms with Crippen LogP contribution in [0.4, 0.5) is 0 Å². The van der Waals surface area contributed by atoms with E-state index in [2.05, 4.69) is 39.8 Å². The monoisotopic (exact) mass is 325 g/mol. The zero-order valence-electron chi connectivity index (χ0n) is 14.5. The molecule has 0 heterocycles. The predicted octanol–water partition coefficient (Wildman–Crippen LogP) is 4.72. The smallest absolute Gasteiger partial charge is 0.147 e. The summed E-state index contributed by atoms with van der Waals surface area (Å²) in [7, 11) is 1.48. The van der Waals surface area contributed by atoms with E-state index in [4.69, 9.17) is 0 Å². The average molecular weight is 326 g/mol. The normalized spacial score (nSPS) is 11.9. The summed E-state index contributed by atoms with van der Waals surface area (Å²) in [5, 5.41) is 0. The molecule has 0 radical (unpaired) electrons. The summed E-state index contributed by atoms with van der Waals surface area (Å²) in [4.78, 5) is 2.23. The Morgan fingerprint density at radius 3 is 1.24 bits per heavy atom. The molecule has 0 unspecified atom stereocenters. The van der Waals surface area contributed by atoms with Crippen molar-refractivity contribution in [3.05, 3.63) is 0 Å². The van der Waals surface area contributed by atoms with Crippen LogP contribution in [-0.4, -0.2) is 46.0 Å². The average Bonchev–Trinajstić information content (AvgIpc) is 2.10. The summed E-state index contributed by atoms with van der Waals surface area (Å²) < 4.78 is 21.4. The summed E-state index contributed by atoms with van der Waals surface area (Å²) >= 11 is 0. The lowest BCUT2D eigenvalue weighted by atomic mass is 9.92. The van der Waals surface area contributed by atoms with Gasteiger partial charge in [-0.2, -0.15) is 0 Å². The summed E-state index contributed by atoms with van der Waals surface area (Å²) in [5.74, 6) is 0.302. The minimum absolute atomic E-state index is 0. The van der Waals surface area contributed by atoms with E-state index in [1.165, 1.54) is 19.2 Å². The second-order valence-electron chi connectivity index (χ2n) is 8.05. The van der Waals surface area contributed by atoms with Gasteiger partial charge in [0.15, 0.2) is 0 Å². The molecule has 134 valence electrons. The first-order valence-electron chi connectivity index (χ1n) is 6.95. The van der Waals surface area contributed by atoms with Gasteiger partial charge in [0.1, 0.15) is 9.84 Å². The molecule has 0 aromatic rings. The standard InChI is InChI=1S/C8H19N.C7H16O2S.2CH4/c1-8(2,3)6-7-9(4)5;1-7(2,3)5-6-10(4,8)9;;/h6-7H2,1-5H3;5-6H2,1-4H3;2*1H4. The minimum atomic E-state index is -2.76. The molecule has 4 heteroatoms. The Hall–Kier alpha value is -0.0900. The van der Waals surface area contributed by atoms with Crippen LogP contribution in [0.3, 0.4) is 0 Å². The number of rotatable bonds is 4. The summed E-state index contributed by atoms with van der Waals surface area (Å²) in [6, 6.07) is 0. The molecule has 0 bridgehead atoms. The van der Waals surface area contributed by atoms with Gasteiger partial charge in [0.25, 0.3) is 0 Å². The molecule has 0 N–H and O–H groups in total. The van der Waals surface area contributed by atoms with E-state index in [-0.39, 0.29) is 20.3 Å². The van der Waals surface area contributed by atoms with Crippen molar-refractivity contribution >= 4 is 9.84 Å². The highest BCUT2D eigenvalue weighted by atomic mass is 32.2. The quantitative estimate of drug-likeness (QED) is 0.750. The van der Waals surface area contributed by atoms with Gasteiger partial charge in [-0.15, -0.1) is 0 Å². The zero-order valence-corrected chi connectivity index (χ0v) is 15.3. The summed E-state index contributed by atoms with van der Waals surface area (Å²) in [5.41, 5.74) is 0.618. The first-order valence-corrected chi connectivity index (χ1v) is 9.01. The Morgan fingerprint density at radius 2 is 1.14 bits per heavy atom. The highest BCUT2D eigenvalue weighted by Crippen LogP contribution is 2.18. The molecule has 0 fully saturated rings. The van der Waals surface area contributed by atoms with Crippen molar-refractivity contribution in [2.24, 2.45) is 10.8 Å². The van der Waals surface area contributed by atoms with E-state index in [0.717, 1.165) is 6.42 Å². The molecule has 0 amide bonds. The van der Waals surface area contributed by atoms with Crippen molar-refractivity contribution < 1.29 is 8.42 Å². The van der Waals surface area contributed by atoms with Crippen molar-refractivity contribution in [1.82, 2.24) is 4.90 Å². The SMILES string of the molecule is C.C.CC(C)(C)CCS(C)(=O)=O.CN(C)CCC(C)(C)C. The zero-order chi connectivity index (χ0) is 15.9. The molecular formula is C17H43NO2S. The van der Waals surface area contributed by atoms with Crippen LogP contribution in [-0.2, 0) is 9.84 Å². The summed E-state index contributed by atoms with van der Waals surface area (Å²) in [6.45, 7) is 14.1. The fourth-order valence-electron chi connectivity index (χ4n) is 1.05. The maximum absolute atomic E-state index is 10.7. The van der Waals surface area contributed by atoms with Crippen LogP contribution < -0.4 is 0 Å². The lowest BCUT2D eigenvalue weighted by Gasteiger charge is -2.20. The molecule has 0 aliphatic rings. The van der Waals surface area contributed by atoms with Gasteiger partial charge in [-0.25, -0.2) is 8.42 Å². The van der Waals surface area contributed by atoms with E-state index in [1.54, 1.807) is 0 Å². The number of sulfone groups is 1. The largest absolute Gasteiger partial charge is 0.309 e. The number of hydrogen-bond acceptors (Lipinski definition) is 3.